The fourth-order valence-corrected chi connectivity index (χ4v) is 2.78. The predicted octanol–water partition coefficient (Wildman–Crippen LogP) is 2.68. The molecule has 1 aliphatic rings. The largest absolute Gasteiger partial charge is 0.491 e. The Hall–Kier alpha value is -1.39. The first-order valence-corrected chi connectivity index (χ1v) is 7.81. The minimum absolute atomic E-state index is 0.0242. The first kappa shape index (κ1) is 16.0. The highest BCUT2D eigenvalue weighted by Crippen LogP contribution is 2.28. The highest BCUT2D eigenvalue weighted by molar-refractivity contribution is 5.96. The molecule has 21 heavy (non-hydrogen) atoms. The van der Waals surface area contributed by atoms with Gasteiger partial charge in [0, 0.05) is 12.0 Å². The Balaban J connectivity index is 1.96. The van der Waals surface area contributed by atoms with Crippen molar-refractivity contribution in [3.8, 4) is 5.75 Å². The van der Waals surface area contributed by atoms with Crippen molar-refractivity contribution in [1.29, 1.82) is 0 Å². The Morgan fingerprint density at radius 1 is 1.24 bits per heavy atom. The van der Waals surface area contributed by atoms with Crippen molar-refractivity contribution >= 4 is 5.78 Å². The lowest BCUT2D eigenvalue weighted by Crippen LogP contribution is -2.35. The fourth-order valence-electron chi connectivity index (χ4n) is 2.78. The van der Waals surface area contributed by atoms with E-state index in [1.807, 2.05) is 6.07 Å². The summed E-state index contributed by atoms with van der Waals surface area (Å²) in [7, 11) is 0. The van der Waals surface area contributed by atoms with E-state index in [0.717, 1.165) is 25.7 Å². The minimum Gasteiger partial charge on any atom is -0.491 e. The van der Waals surface area contributed by atoms with E-state index in [0.29, 0.717) is 30.9 Å². The molecule has 0 bridgehead atoms. The average Bonchev–Trinajstić information content (AvgIpc) is 2.71. The zero-order valence-electron chi connectivity index (χ0n) is 12.5. The molecule has 4 heteroatoms. The summed E-state index contributed by atoms with van der Waals surface area (Å²) >= 11 is 0. The Morgan fingerprint density at radius 3 is 2.62 bits per heavy atom. The molecule has 2 rings (SSSR count). The molecule has 0 radical (unpaired) electrons. The molecule has 1 aliphatic carbocycles. The van der Waals surface area contributed by atoms with Crippen molar-refractivity contribution in [1.82, 2.24) is 0 Å². The number of hydrogen-bond donors (Lipinski definition) is 2. The number of aliphatic hydroxyl groups is 1. The molecule has 0 saturated heterocycles. The van der Waals surface area contributed by atoms with Gasteiger partial charge in [-0.3, -0.25) is 4.79 Å². The molecule has 0 spiro atoms. The van der Waals surface area contributed by atoms with Crippen LogP contribution in [0.3, 0.4) is 0 Å². The van der Waals surface area contributed by atoms with Gasteiger partial charge in [-0.2, -0.15) is 0 Å². The van der Waals surface area contributed by atoms with Gasteiger partial charge in [0.25, 0.3) is 0 Å². The highest BCUT2D eigenvalue weighted by atomic mass is 16.5. The van der Waals surface area contributed by atoms with E-state index in [2.05, 4.69) is 0 Å². The zero-order chi connectivity index (χ0) is 15.1. The highest BCUT2D eigenvalue weighted by Gasteiger charge is 2.28. The molecular weight excluding hydrogens is 266 g/mol. The third kappa shape index (κ3) is 4.83. The van der Waals surface area contributed by atoms with E-state index in [1.165, 1.54) is 12.8 Å². The fraction of sp³-hybridized carbons (Fsp3) is 0.588. The maximum Gasteiger partial charge on any atom is 0.164 e. The molecule has 1 fully saturated rings. The van der Waals surface area contributed by atoms with Gasteiger partial charge < -0.3 is 15.6 Å². The lowest BCUT2D eigenvalue weighted by molar-refractivity contribution is -0.0173. The van der Waals surface area contributed by atoms with Gasteiger partial charge in [0.2, 0.25) is 0 Å². The van der Waals surface area contributed by atoms with E-state index < -0.39 is 5.60 Å². The number of nitrogens with two attached hydrogens (primary N) is 1. The molecule has 0 aliphatic heterocycles. The molecule has 1 aromatic rings. The smallest absolute Gasteiger partial charge is 0.164 e. The Morgan fingerprint density at radius 2 is 1.95 bits per heavy atom. The lowest BCUT2D eigenvalue weighted by Gasteiger charge is -2.26. The zero-order valence-corrected chi connectivity index (χ0v) is 12.5. The minimum atomic E-state index is -0.728. The number of carbonyl (C=O) groups is 1. The maximum atomic E-state index is 11.8. The maximum absolute atomic E-state index is 11.8. The lowest BCUT2D eigenvalue weighted by atomic mass is 9.96. The number of ketones is 1. The SMILES string of the molecule is NCCC(=O)c1cccc(OCC2(O)CCCCCC2)c1. The molecule has 0 unspecified atom stereocenters. The Labute approximate surface area is 126 Å². The third-order valence-corrected chi connectivity index (χ3v) is 4.07. The number of carbonyl (C=O) groups excluding carboxylic acids is 1. The summed E-state index contributed by atoms with van der Waals surface area (Å²) in [6.45, 7) is 0.644. The molecule has 0 atom stereocenters. The van der Waals surface area contributed by atoms with Crippen molar-refractivity contribution in [2.75, 3.05) is 13.2 Å². The van der Waals surface area contributed by atoms with Crippen LogP contribution in [0.4, 0.5) is 0 Å². The summed E-state index contributed by atoms with van der Waals surface area (Å²) in [5.74, 6) is 0.659. The van der Waals surface area contributed by atoms with Gasteiger partial charge in [-0.05, 0) is 31.5 Å². The van der Waals surface area contributed by atoms with Gasteiger partial charge in [0.05, 0.1) is 5.60 Å². The first-order chi connectivity index (χ1) is 10.1. The van der Waals surface area contributed by atoms with Crippen LogP contribution in [-0.2, 0) is 0 Å². The molecule has 0 amide bonds. The quantitative estimate of drug-likeness (QED) is 0.624. The van der Waals surface area contributed by atoms with E-state index in [1.54, 1.807) is 18.2 Å². The number of hydrogen-bond acceptors (Lipinski definition) is 4. The van der Waals surface area contributed by atoms with Crippen molar-refractivity contribution in [2.24, 2.45) is 5.73 Å². The third-order valence-electron chi connectivity index (χ3n) is 4.07. The number of ether oxygens (including phenoxy) is 1. The van der Waals surface area contributed by atoms with Crippen LogP contribution in [0.25, 0.3) is 0 Å². The van der Waals surface area contributed by atoms with Crippen LogP contribution < -0.4 is 10.5 Å². The van der Waals surface area contributed by atoms with Crippen LogP contribution in [0.5, 0.6) is 5.75 Å². The molecule has 4 nitrogen and oxygen atoms in total. The predicted molar refractivity (Wildman–Crippen MR) is 82.6 cm³/mol. The molecule has 1 saturated carbocycles. The summed E-state index contributed by atoms with van der Waals surface area (Å²) in [6.07, 6.45) is 6.39. The van der Waals surface area contributed by atoms with Crippen LogP contribution in [-0.4, -0.2) is 29.6 Å². The monoisotopic (exact) mass is 291 g/mol. The van der Waals surface area contributed by atoms with E-state index >= 15 is 0 Å². The number of Topliss-reactive ketones (excluding diaryl/α,β-unsaturated/α-hetero) is 1. The summed E-state index contributed by atoms with van der Waals surface area (Å²) < 4.78 is 5.74. The van der Waals surface area contributed by atoms with Crippen molar-refractivity contribution < 1.29 is 14.6 Å². The Kier molecular flexibility index (Phi) is 5.76. The summed E-state index contributed by atoms with van der Waals surface area (Å²) in [5.41, 5.74) is 5.30. The van der Waals surface area contributed by atoms with Crippen molar-refractivity contribution in [3.05, 3.63) is 29.8 Å². The van der Waals surface area contributed by atoms with Gasteiger partial charge in [0.15, 0.2) is 5.78 Å². The van der Waals surface area contributed by atoms with Crippen LogP contribution in [0.2, 0.25) is 0 Å². The summed E-state index contributed by atoms with van der Waals surface area (Å²) in [5, 5.41) is 10.6. The van der Waals surface area contributed by atoms with Gasteiger partial charge in [0.1, 0.15) is 12.4 Å². The van der Waals surface area contributed by atoms with Gasteiger partial charge >= 0.3 is 0 Å². The molecule has 0 heterocycles. The van der Waals surface area contributed by atoms with Crippen LogP contribution >= 0.6 is 0 Å². The second-order valence-corrected chi connectivity index (χ2v) is 5.92. The van der Waals surface area contributed by atoms with E-state index in [-0.39, 0.29) is 5.78 Å². The summed E-state index contributed by atoms with van der Waals surface area (Å²) in [6, 6.07) is 7.12. The van der Waals surface area contributed by atoms with Crippen LogP contribution in [0.1, 0.15) is 55.3 Å². The van der Waals surface area contributed by atoms with E-state index in [9.17, 15) is 9.90 Å². The van der Waals surface area contributed by atoms with Gasteiger partial charge in [-0.25, -0.2) is 0 Å². The molecule has 3 N–H and O–H groups in total. The molecular formula is C17H25NO3. The molecule has 1 aromatic carbocycles. The molecule has 116 valence electrons. The second kappa shape index (κ2) is 7.57. The second-order valence-electron chi connectivity index (χ2n) is 5.92. The Bertz CT molecular complexity index is 465. The molecule has 0 aromatic heterocycles. The van der Waals surface area contributed by atoms with Gasteiger partial charge in [-0.1, -0.05) is 37.8 Å². The van der Waals surface area contributed by atoms with Crippen molar-refractivity contribution in [2.45, 2.75) is 50.5 Å². The van der Waals surface area contributed by atoms with E-state index in [4.69, 9.17) is 10.5 Å². The van der Waals surface area contributed by atoms with Gasteiger partial charge in [-0.15, -0.1) is 0 Å². The normalized spacial score (nSPS) is 18.0. The number of rotatable bonds is 6. The standard InChI is InChI=1S/C17H25NO3/c18-11-8-16(19)14-6-5-7-15(12-14)21-13-17(20)9-3-1-2-4-10-17/h5-7,12,20H,1-4,8-11,13,18H2. The number of benzene rings is 1. The average molecular weight is 291 g/mol. The van der Waals surface area contributed by atoms with Crippen LogP contribution in [0.15, 0.2) is 24.3 Å². The van der Waals surface area contributed by atoms with Crippen molar-refractivity contribution in [3.63, 3.8) is 0 Å². The first-order valence-electron chi connectivity index (χ1n) is 7.81. The summed E-state index contributed by atoms with van der Waals surface area (Å²) in [4.78, 5) is 11.8. The topological polar surface area (TPSA) is 72.6 Å². The van der Waals surface area contributed by atoms with Crippen LogP contribution in [0, 0.1) is 0 Å².